The third-order valence-electron chi connectivity index (χ3n) is 4.60. The summed E-state index contributed by atoms with van der Waals surface area (Å²) in [5.74, 6) is -0.159. The number of hydrogen-bond donors (Lipinski definition) is 0. The maximum atomic E-state index is 13.1. The summed E-state index contributed by atoms with van der Waals surface area (Å²) in [4.78, 5) is 4.31. The number of fused-ring (bicyclic) bond motifs is 1. The molecule has 3 aromatic rings. The van der Waals surface area contributed by atoms with Gasteiger partial charge in [-0.25, -0.2) is 13.4 Å². The number of nitrogens with zero attached hydrogens (tertiary/aromatic N) is 2. The van der Waals surface area contributed by atoms with E-state index in [0.29, 0.717) is 26.7 Å². The lowest BCUT2D eigenvalue weighted by Gasteiger charge is -2.09. The van der Waals surface area contributed by atoms with Crippen LogP contribution in [0.5, 0.6) is 0 Å². The number of rotatable bonds is 5. The van der Waals surface area contributed by atoms with Crippen LogP contribution in [-0.2, 0) is 23.1 Å². The van der Waals surface area contributed by atoms with E-state index < -0.39 is 21.6 Å². The van der Waals surface area contributed by atoms with Crippen molar-refractivity contribution in [1.29, 1.82) is 0 Å². The smallest absolute Gasteiger partial charge is 0.327 e. The van der Waals surface area contributed by atoms with Crippen LogP contribution in [-0.4, -0.2) is 29.5 Å². The normalized spacial score (nSPS) is 13.2. The first kappa shape index (κ1) is 22.7. The molecule has 0 aliphatic heterocycles. The second kappa shape index (κ2) is 8.24. The van der Waals surface area contributed by atoms with Gasteiger partial charge in [-0.15, -0.1) is 0 Å². The van der Waals surface area contributed by atoms with Gasteiger partial charge in [-0.05, 0) is 42.0 Å². The van der Waals surface area contributed by atoms with Crippen molar-refractivity contribution < 1.29 is 21.6 Å². The second-order valence-corrected chi connectivity index (χ2v) is 9.88. The van der Waals surface area contributed by atoms with Gasteiger partial charge in [0.1, 0.15) is 5.82 Å². The fourth-order valence-electron chi connectivity index (χ4n) is 2.98. The number of alkyl halides is 3. The number of aromatic nitrogens is 2. The fourth-order valence-corrected chi connectivity index (χ4v) is 4.17. The highest BCUT2D eigenvalue weighted by Gasteiger charge is 2.31. The van der Waals surface area contributed by atoms with Gasteiger partial charge in [0, 0.05) is 18.4 Å². The molecule has 0 spiro atoms. The number of sulfone groups is 1. The molecule has 0 aliphatic carbocycles. The lowest BCUT2D eigenvalue weighted by Crippen LogP contribution is -2.12. The summed E-state index contributed by atoms with van der Waals surface area (Å²) >= 11 is 12.0. The third-order valence-corrected chi connectivity index (χ3v) is 6.96. The monoisotopic (exact) mass is 476 g/mol. The third kappa shape index (κ3) is 4.82. The van der Waals surface area contributed by atoms with Crippen molar-refractivity contribution in [1.82, 2.24) is 9.55 Å². The molecule has 10 heteroatoms. The number of aryl methyl sites for hydroxylation is 1. The zero-order valence-electron chi connectivity index (χ0n) is 16.0. The minimum absolute atomic E-state index is 0.0894. The van der Waals surface area contributed by atoms with Crippen LogP contribution in [0.25, 0.3) is 22.7 Å². The van der Waals surface area contributed by atoms with Crippen LogP contribution in [0.15, 0.2) is 36.4 Å². The number of benzene rings is 2. The molecule has 30 heavy (non-hydrogen) atoms. The maximum absolute atomic E-state index is 13.1. The molecular formula is C20H17Cl2F3N2O2S. The van der Waals surface area contributed by atoms with Gasteiger partial charge in [0.2, 0.25) is 0 Å². The topological polar surface area (TPSA) is 52.0 Å². The Hall–Kier alpha value is -2.03. The van der Waals surface area contributed by atoms with E-state index in [9.17, 15) is 21.6 Å². The summed E-state index contributed by atoms with van der Waals surface area (Å²) in [7, 11) is -1.83. The Morgan fingerprint density at radius 2 is 1.83 bits per heavy atom. The lowest BCUT2D eigenvalue weighted by atomic mass is 10.1. The van der Waals surface area contributed by atoms with Gasteiger partial charge in [-0.3, -0.25) is 0 Å². The van der Waals surface area contributed by atoms with Crippen LogP contribution in [0.4, 0.5) is 13.2 Å². The standard InChI is InChI=1S/C20H17Cl2F3N2O2S/c1-3-30(28,29)11-13(8-12-4-6-15(21)16(22)9-12)19-26-17-10-14(20(23,24)25)5-7-18(17)27(19)2/h4-10H,3,11H2,1-2H3/b13-8+. The van der Waals surface area contributed by atoms with E-state index in [0.717, 1.165) is 12.1 Å². The molecule has 0 radical (unpaired) electrons. The molecular weight excluding hydrogens is 460 g/mol. The Kier molecular flexibility index (Phi) is 6.23. The average molecular weight is 477 g/mol. The molecule has 0 amide bonds. The molecule has 0 unspecified atom stereocenters. The van der Waals surface area contributed by atoms with Gasteiger partial charge in [0.15, 0.2) is 9.84 Å². The summed E-state index contributed by atoms with van der Waals surface area (Å²) in [6.45, 7) is 1.52. The van der Waals surface area contributed by atoms with Gasteiger partial charge in [0.05, 0.1) is 32.4 Å². The molecule has 160 valence electrons. The molecule has 0 aliphatic rings. The highest BCUT2D eigenvalue weighted by molar-refractivity contribution is 7.91. The van der Waals surface area contributed by atoms with Crippen LogP contribution in [0.1, 0.15) is 23.9 Å². The van der Waals surface area contributed by atoms with Crippen molar-refractivity contribution in [3.05, 3.63) is 63.4 Å². The molecule has 0 fully saturated rings. The van der Waals surface area contributed by atoms with Gasteiger partial charge in [-0.1, -0.05) is 36.2 Å². The van der Waals surface area contributed by atoms with Crippen LogP contribution in [0, 0.1) is 0 Å². The number of hydrogen-bond acceptors (Lipinski definition) is 3. The first-order valence-electron chi connectivity index (χ1n) is 8.81. The first-order valence-corrected chi connectivity index (χ1v) is 11.4. The zero-order chi connectivity index (χ0) is 22.3. The van der Waals surface area contributed by atoms with E-state index in [-0.39, 0.29) is 22.8 Å². The fraction of sp³-hybridized carbons (Fsp3) is 0.250. The summed E-state index contributed by atoms with van der Waals surface area (Å²) < 4.78 is 65.4. The summed E-state index contributed by atoms with van der Waals surface area (Å²) in [6, 6.07) is 8.05. The Balaban J connectivity index is 2.20. The molecule has 1 aromatic heterocycles. The average Bonchev–Trinajstić information content (AvgIpc) is 2.99. The second-order valence-electron chi connectivity index (χ2n) is 6.72. The van der Waals surface area contributed by atoms with Gasteiger partial charge in [0.25, 0.3) is 0 Å². The summed E-state index contributed by atoms with van der Waals surface area (Å²) in [6.07, 6.45) is -2.91. The van der Waals surface area contributed by atoms with Gasteiger partial charge >= 0.3 is 6.18 Å². The van der Waals surface area contributed by atoms with E-state index in [4.69, 9.17) is 23.2 Å². The predicted molar refractivity (Wildman–Crippen MR) is 114 cm³/mol. The molecule has 0 saturated heterocycles. The molecule has 0 atom stereocenters. The molecule has 0 bridgehead atoms. The summed E-state index contributed by atoms with van der Waals surface area (Å²) in [5.41, 5.74) is 0.676. The molecule has 0 N–H and O–H groups in total. The van der Waals surface area contributed by atoms with Crippen molar-refractivity contribution in [2.24, 2.45) is 7.05 Å². The van der Waals surface area contributed by atoms with Crippen molar-refractivity contribution in [2.45, 2.75) is 13.1 Å². The highest BCUT2D eigenvalue weighted by atomic mass is 35.5. The quantitative estimate of drug-likeness (QED) is 0.462. The minimum Gasteiger partial charge on any atom is -0.327 e. The van der Waals surface area contributed by atoms with E-state index in [2.05, 4.69) is 4.98 Å². The SMILES string of the molecule is CCS(=O)(=O)C/C(=C\c1ccc(Cl)c(Cl)c1)c1nc2cc(C(F)(F)F)ccc2n1C. The Labute approximate surface area is 181 Å². The molecule has 0 saturated carbocycles. The van der Waals surface area contributed by atoms with E-state index >= 15 is 0 Å². The Morgan fingerprint density at radius 3 is 2.43 bits per heavy atom. The van der Waals surface area contributed by atoms with Crippen molar-refractivity contribution in [3.8, 4) is 0 Å². The van der Waals surface area contributed by atoms with Gasteiger partial charge in [-0.2, -0.15) is 13.2 Å². The Morgan fingerprint density at radius 1 is 1.13 bits per heavy atom. The Bertz CT molecular complexity index is 1250. The predicted octanol–water partition coefficient (Wildman–Crippen LogP) is 5.87. The minimum atomic E-state index is -4.50. The molecule has 4 nitrogen and oxygen atoms in total. The number of halogens is 5. The summed E-state index contributed by atoms with van der Waals surface area (Å²) in [5, 5.41) is 0.641. The van der Waals surface area contributed by atoms with E-state index in [1.807, 2.05) is 0 Å². The van der Waals surface area contributed by atoms with Crippen molar-refractivity contribution >= 4 is 55.7 Å². The number of imidazole rings is 1. The van der Waals surface area contributed by atoms with Crippen LogP contribution >= 0.6 is 23.2 Å². The lowest BCUT2D eigenvalue weighted by molar-refractivity contribution is -0.137. The molecule has 3 rings (SSSR count). The first-order chi connectivity index (χ1) is 13.9. The van der Waals surface area contributed by atoms with Crippen LogP contribution in [0.2, 0.25) is 10.0 Å². The molecule has 2 aromatic carbocycles. The highest BCUT2D eigenvalue weighted by Crippen LogP contribution is 2.33. The van der Waals surface area contributed by atoms with Crippen LogP contribution < -0.4 is 0 Å². The van der Waals surface area contributed by atoms with Crippen molar-refractivity contribution in [2.75, 3.05) is 11.5 Å². The van der Waals surface area contributed by atoms with E-state index in [1.54, 1.807) is 35.9 Å². The van der Waals surface area contributed by atoms with Gasteiger partial charge < -0.3 is 4.57 Å². The van der Waals surface area contributed by atoms with E-state index in [1.165, 1.54) is 13.0 Å². The van der Waals surface area contributed by atoms with Crippen LogP contribution in [0.3, 0.4) is 0 Å². The maximum Gasteiger partial charge on any atom is 0.416 e. The molecule has 1 heterocycles. The zero-order valence-corrected chi connectivity index (χ0v) is 18.3. The largest absolute Gasteiger partial charge is 0.416 e. The van der Waals surface area contributed by atoms with Crippen molar-refractivity contribution in [3.63, 3.8) is 0 Å².